The molecular formula is C10H18O3. The second kappa shape index (κ2) is 6.52. The molecule has 76 valence electrons. The van der Waals surface area contributed by atoms with E-state index in [9.17, 15) is 4.79 Å². The average molecular weight is 186 g/mol. The minimum absolute atomic E-state index is 0.227. The van der Waals surface area contributed by atoms with Gasteiger partial charge in [0.25, 0.3) is 0 Å². The summed E-state index contributed by atoms with van der Waals surface area (Å²) in [5, 5.41) is 0. The Labute approximate surface area is 79.7 Å². The van der Waals surface area contributed by atoms with Crippen LogP contribution in [0.25, 0.3) is 0 Å². The van der Waals surface area contributed by atoms with Gasteiger partial charge in [-0.15, -0.1) is 0 Å². The fourth-order valence-electron chi connectivity index (χ4n) is 0.894. The Bertz CT molecular complexity index is 164. The molecule has 1 unspecified atom stereocenters. The van der Waals surface area contributed by atoms with Crippen LogP contribution in [0.4, 0.5) is 4.79 Å². The van der Waals surface area contributed by atoms with Crippen molar-refractivity contribution < 1.29 is 14.3 Å². The van der Waals surface area contributed by atoms with Crippen LogP contribution in [0, 0.1) is 5.92 Å². The quantitative estimate of drug-likeness (QED) is 0.489. The molecule has 0 amide bonds. The number of carbonyl (C=O) groups excluding carboxylic acids is 1. The first-order chi connectivity index (χ1) is 6.10. The maximum atomic E-state index is 10.7. The van der Waals surface area contributed by atoms with Crippen molar-refractivity contribution in [2.45, 2.75) is 32.8 Å². The van der Waals surface area contributed by atoms with Crippen molar-refractivity contribution in [1.82, 2.24) is 0 Å². The van der Waals surface area contributed by atoms with E-state index in [1.54, 1.807) is 6.08 Å². The topological polar surface area (TPSA) is 35.5 Å². The molecule has 0 N–H and O–H groups in total. The highest BCUT2D eigenvalue weighted by Gasteiger charge is 2.11. The van der Waals surface area contributed by atoms with Gasteiger partial charge < -0.3 is 9.47 Å². The SMILES string of the molecule is C=CC(CCC(C)C)OC(=O)OC. The zero-order valence-electron chi connectivity index (χ0n) is 8.58. The monoisotopic (exact) mass is 186 g/mol. The zero-order valence-corrected chi connectivity index (χ0v) is 8.58. The predicted octanol–water partition coefficient (Wildman–Crippen LogP) is 2.76. The lowest BCUT2D eigenvalue weighted by atomic mass is 10.1. The van der Waals surface area contributed by atoms with Crippen LogP contribution >= 0.6 is 0 Å². The molecule has 0 aliphatic heterocycles. The van der Waals surface area contributed by atoms with Crippen LogP contribution in [-0.2, 0) is 9.47 Å². The lowest BCUT2D eigenvalue weighted by Gasteiger charge is -2.13. The van der Waals surface area contributed by atoms with E-state index in [4.69, 9.17) is 4.74 Å². The van der Waals surface area contributed by atoms with Gasteiger partial charge in [0.15, 0.2) is 0 Å². The number of hydrogen-bond donors (Lipinski definition) is 0. The average Bonchev–Trinajstić information content (AvgIpc) is 2.11. The molecule has 0 aliphatic carbocycles. The van der Waals surface area contributed by atoms with E-state index in [0.717, 1.165) is 12.8 Å². The Morgan fingerprint density at radius 1 is 1.46 bits per heavy atom. The number of carbonyl (C=O) groups is 1. The maximum Gasteiger partial charge on any atom is 0.508 e. The van der Waals surface area contributed by atoms with Crippen molar-refractivity contribution in [1.29, 1.82) is 0 Å². The first kappa shape index (κ1) is 12.0. The summed E-state index contributed by atoms with van der Waals surface area (Å²) in [6, 6.07) is 0. The van der Waals surface area contributed by atoms with Crippen molar-refractivity contribution >= 4 is 6.16 Å². The molecule has 3 nitrogen and oxygen atoms in total. The second-order valence-corrected chi connectivity index (χ2v) is 3.32. The number of methoxy groups -OCH3 is 1. The minimum atomic E-state index is -0.645. The number of hydrogen-bond acceptors (Lipinski definition) is 3. The summed E-state index contributed by atoms with van der Waals surface area (Å²) in [6.07, 6.45) is 2.56. The summed E-state index contributed by atoms with van der Waals surface area (Å²) in [7, 11) is 1.30. The third kappa shape index (κ3) is 6.20. The van der Waals surface area contributed by atoms with Crippen LogP contribution in [0.5, 0.6) is 0 Å². The summed E-state index contributed by atoms with van der Waals surface area (Å²) in [4.78, 5) is 10.7. The van der Waals surface area contributed by atoms with Gasteiger partial charge in [0.05, 0.1) is 7.11 Å². The van der Waals surface area contributed by atoms with Gasteiger partial charge in [0, 0.05) is 0 Å². The molecule has 0 aliphatic rings. The molecule has 0 aromatic carbocycles. The van der Waals surface area contributed by atoms with Crippen molar-refractivity contribution in [2.75, 3.05) is 7.11 Å². The largest absolute Gasteiger partial charge is 0.508 e. The van der Waals surface area contributed by atoms with Gasteiger partial charge in [-0.05, 0) is 18.8 Å². The maximum absolute atomic E-state index is 10.7. The Balaban J connectivity index is 3.76. The van der Waals surface area contributed by atoms with Crippen LogP contribution in [-0.4, -0.2) is 19.4 Å². The first-order valence-corrected chi connectivity index (χ1v) is 4.47. The van der Waals surface area contributed by atoms with Crippen molar-refractivity contribution in [2.24, 2.45) is 5.92 Å². The van der Waals surface area contributed by atoms with Gasteiger partial charge >= 0.3 is 6.16 Å². The molecule has 0 aromatic heterocycles. The van der Waals surface area contributed by atoms with E-state index in [1.165, 1.54) is 7.11 Å². The standard InChI is InChI=1S/C10H18O3/c1-5-9(7-6-8(2)3)13-10(11)12-4/h5,8-9H,1,6-7H2,2-4H3. The highest BCUT2D eigenvalue weighted by molar-refractivity contribution is 5.60. The van der Waals surface area contributed by atoms with Gasteiger partial charge in [0.2, 0.25) is 0 Å². The van der Waals surface area contributed by atoms with Crippen LogP contribution < -0.4 is 0 Å². The molecule has 3 heteroatoms. The smallest absolute Gasteiger partial charge is 0.438 e. The van der Waals surface area contributed by atoms with Crippen molar-refractivity contribution in [3.63, 3.8) is 0 Å². The molecular weight excluding hydrogens is 168 g/mol. The second-order valence-electron chi connectivity index (χ2n) is 3.32. The third-order valence-electron chi connectivity index (χ3n) is 1.71. The summed E-state index contributed by atoms with van der Waals surface area (Å²) in [5.74, 6) is 0.601. The first-order valence-electron chi connectivity index (χ1n) is 4.47. The van der Waals surface area contributed by atoms with E-state index in [1.807, 2.05) is 0 Å². The lowest BCUT2D eigenvalue weighted by molar-refractivity contribution is 0.0485. The molecule has 0 spiro atoms. The summed E-state index contributed by atoms with van der Waals surface area (Å²) in [5.41, 5.74) is 0. The molecule has 0 heterocycles. The highest BCUT2D eigenvalue weighted by atomic mass is 16.7. The Morgan fingerprint density at radius 3 is 2.46 bits per heavy atom. The van der Waals surface area contributed by atoms with E-state index in [0.29, 0.717) is 5.92 Å². The minimum Gasteiger partial charge on any atom is -0.438 e. The van der Waals surface area contributed by atoms with Crippen molar-refractivity contribution in [3.05, 3.63) is 12.7 Å². The Morgan fingerprint density at radius 2 is 2.08 bits per heavy atom. The van der Waals surface area contributed by atoms with Gasteiger partial charge in [-0.2, -0.15) is 0 Å². The third-order valence-corrected chi connectivity index (χ3v) is 1.71. The molecule has 13 heavy (non-hydrogen) atoms. The molecule has 0 saturated carbocycles. The van der Waals surface area contributed by atoms with Crippen LogP contribution in [0.3, 0.4) is 0 Å². The van der Waals surface area contributed by atoms with Gasteiger partial charge in [0.1, 0.15) is 6.10 Å². The molecule has 0 radical (unpaired) electrons. The Hall–Kier alpha value is -0.990. The van der Waals surface area contributed by atoms with Gasteiger partial charge in [-0.1, -0.05) is 26.5 Å². The number of rotatable bonds is 5. The summed E-state index contributed by atoms with van der Waals surface area (Å²) >= 11 is 0. The normalized spacial score (nSPS) is 12.3. The molecule has 1 atom stereocenters. The van der Waals surface area contributed by atoms with E-state index < -0.39 is 6.16 Å². The number of ether oxygens (including phenoxy) is 2. The lowest BCUT2D eigenvalue weighted by Crippen LogP contribution is -2.16. The fourth-order valence-corrected chi connectivity index (χ4v) is 0.894. The van der Waals surface area contributed by atoms with Gasteiger partial charge in [-0.25, -0.2) is 4.79 Å². The highest BCUT2D eigenvalue weighted by Crippen LogP contribution is 2.10. The van der Waals surface area contributed by atoms with Crippen LogP contribution in [0.15, 0.2) is 12.7 Å². The van der Waals surface area contributed by atoms with Crippen LogP contribution in [0.1, 0.15) is 26.7 Å². The van der Waals surface area contributed by atoms with Crippen LogP contribution in [0.2, 0.25) is 0 Å². The summed E-state index contributed by atoms with van der Waals surface area (Å²) < 4.78 is 9.30. The van der Waals surface area contributed by atoms with Crippen molar-refractivity contribution in [3.8, 4) is 0 Å². The molecule has 0 saturated heterocycles. The van der Waals surface area contributed by atoms with E-state index in [2.05, 4.69) is 25.2 Å². The molecule has 0 fully saturated rings. The van der Waals surface area contributed by atoms with E-state index in [-0.39, 0.29) is 6.10 Å². The van der Waals surface area contributed by atoms with E-state index >= 15 is 0 Å². The molecule has 0 aromatic rings. The molecule has 0 bridgehead atoms. The zero-order chi connectivity index (χ0) is 10.3. The molecule has 0 rings (SSSR count). The van der Waals surface area contributed by atoms with Gasteiger partial charge in [-0.3, -0.25) is 0 Å². The Kier molecular flexibility index (Phi) is 6.02. The summed E-state index contributed by atoms with van der Waals surface area (Å²) in [6.45, 7) is 7.84. The fraction of sp³-hybridized carbons (Fsp3) is 0.700. The predicted molar refractivity (Wildman–Crippen MR) is 51.5 cm³/mol.